The molecule has 1 aliphatic heterocycles. The summed E-state index contributed by atoms with van der Waals surface area (Å²) in [4.78, 5) is 13.6. The molecule has 1 aliphatic rings. The summed E-state index contributed by atoms with van der Waals surface area (Å²) < 4.78 is 5.68. The lowest BCUT2D eigenvalue weighted by Gasteiger charge is -2.32. The molecular formula is C11H21NO2S. The highest BCUT2D eigenvalue weighted by Gasteiger charge is 2.23. The van der Waals surface area contributed by atoms with Crippen LogP contribution in [0.4, 0.5) is 0 Å². The molecule has 1 amide bonds. The second-order valence-corrected chi connectivity index (χ2v) is 4.40. The Bertz CT molecular complexity index is 199. The van der Waals surface area contributed by atoms with Gasteiger partial charge in [0.1, 0.15) is 0 Å². The van der Waals surface area contributed by atoms with Gasteiger partial charge in [0.15, 0.2) is 0 Å². The van der Waals surface area contributed by atoms with Crippen molar-refractivity contribution in [2.24, 2.45) is 0 Å². The van der Waals surface area contributed by atoms with Crippen molar-refractivity contribution in [2.45, 2.75) is 38.7 Å². The van der Waals surface area contributed by atoms with Crippen molar-refractivity contribution < 1.29 is 9.53 Å². The van der Waals surface area contributed by atoms with Crippen LogP contribution in [0, 0.1) is 0 Å². The second-order valence-electron chi connectivity index (χ2n) is 3.95. The van der Waals surface area contributed by atoms with Crippen molar-refractivity contribution in [3.05, 3.63) is 0 Å². The third kappa shape index (κ3) is 4.43. The van der Waals surface area contributed by atoms with Crippen LogP contribution in [0.2, 0.25) is 0 Å². The molecule has 1 unspecified atom stereocenters. The summed E-state index contributed by atoms with van der Waals surface area (Å²) in [6.07, 6.45) is 3.99. The standard InChI is InChI=1S/C11H21NO2S/c1-2-7-14-10-4-3-6-12(9-10)11(13)5-8-15/h10,15H,2-9H2,1H3. The Labute approximate surface area is 97.6 Å². The molecule has 1 fully saturated rings. The second kappa shape index (κ2) is 7.12. The first-order valence-electron chi connectivity index (χ1n) is 5.78. The van der Waals surface area contributed by atoms with Crippen molar-refractivity contribution in [3.63, 3.8) is 0 Å². The molecule has 0 N–H and O–H groups in total. The molecule has 3 nitrogen and oxygen atoms in total. The van der Waals surface area contributed by atoms with Crippen LogP contribution in [-0.4, -0.2) is 42.4 Å². The van der Waals surface area contributed by atoms with Crippen LogP contribution >= 0.6 is 12.6 Å². The average molecular weight is 231 g/mol. The molecule has 4 heteroatoms. The Hall–Kier alpha value is -0.220. The van der Waals surface area contributed by atoms with Crippen molar-refractivity contribution in [3.8, 4) is 0 Å². The molecule has 0 radical (unpaired) electrons. The van der Waals surface area contributed by atoms with E-state index in [0.29, 0.717) is 12.2 Å². The lowest BCUT2D eigenvalue weighted by atomic mass is 10.1. The molecule has 0 saturated carbocycles. The Morgan fingerprint density at radius 3 is 3.07 bits per heavy atom. The third-order valence-corrected chi connectivity index (χ3v) is 2.84. The summed E-state index contributed by atoms with van der Waals surface area (Å²) in [6, 6.07) is 0. The van der Waals surface area contributed by atoms with Crippen LogP contribution < -0.4 is 0 Å². The molecule has 88 valence electrons. The molecule has 1 saturated heterocycles. The molecule has 1 atom stereocenters. The molecule has 1 heterocycles. The molecule has 0 spiro atoms. The molecule has 0 aromatic carbocycles. The quantitative estimate of drug-likeness (QED) is 0.730. The molecular weight excluding hydrogens is 210 g/mol. The zero-order valence-electron chi connectivity index (χ0n) is 9.45. The summed E-state index contributed by atoms with van der Waals surface area (Å²) in [6.45, 7) is 4.57. The Balaban J connectivity index is 2.31. The predicted molar refractivity (Wildman–Crippen MR) is 64.3 cm³/mol. The van der Waals surface area contributed by atoms with Gasteiger partial charge in [-0.1, -0.05) is 6.92 Å². The topological polar surface area (TPSA) is 29.5 Å². The van der Waals surface area contributed by atoms with E-state index >= 15 is 0 Å². The number of ether oxygens (including phenoxy) is 1. The van der Waals surface area contributed by atoms with Gasteiger partial charge < -0.3 is 9.64 Å². The highest BCUT2D eigenvalue weighted by molar-refractivity contribution is 7.80. The molecule has 0 aliphatic carbocycles. The largest absolute Gasteiger partial charge is 0.376 e. The molecule has 0 bridgehead atoms. The van der Waals surface area contributed by atoms with Gasteiger partial charge in [0.25, 0.3) is 0 Å². The molecule has 15 heavy (non-hydrogen) atoms. The van der Waals surface area contributed by atoms with Crippen molar-refractivity contribution in [1.29, 1.82) is 0 Å². The van der Waals surface area contributed by atoms with Gasteiger partial charge in [-0.15, -0.1) is 0 Å². The number of carbonyl (C=O) groups is 1. The first kappa shape index (κ1) is 12.8. The van der Waals surface area contributed by atoms with Gasteiger partial charge in [0.2, 0.25) is 5.91 Å². The van der Waals surface area contributed by atoms with E-state index in [1.54, 1.807) is 0 Å². The van der Waals surface area contributed by atoms with E-state index < -0.39 is 0 Å². The minimum atomic E-state index is 0.217. The number of thiol groups is 1. The van der Waals surface area contributed by atoms with E-state index in [0.717, 1.165) is 39.0 Å². The zero-order valence-corrected chi connectivity index (χ0v) is 10.3. The first-order valence-corrected chi connectivity index (χ1v) is 6.41. The van der Waals surface area contributed by atoms with Gasteiger partial charge >= 0.3 is 0 Å². The smallest absolute Gasteiger partial charge is 0.223 e. The maximum atomic E-state index is 11.6. The summed E-state index contributed by atoms with van der Waals surface area (Å²) in [5.41, 5.74) is 0. The van der Waals surface area contributed by atoms with E-state index in [4.69, 9.17) is 4.74 Å². The van der Waals surface area contributed by atoms with Crippen LogP contribution in [0.25, 0.3) is 0 Å². The number of amides is 1. The average Bonchev–Trinajstić information content (AvgIpc) is 2.27. The van der Waals surface area contributed by atoms with Gasteiger partial charge in [-0.2, -0.15) is 12.6 Å². The SMILES string of the molecule is CCCOC1CCCN(C(=O)CCS)C1. The van der Waals surface area contributed by atoms with Gasteiger partial charge in [-0.3, -0.25) is 4.79 Å². The number of piperidine rings is 1. The maximum Gasteiger partial charge on any atom is 0.223 e. The molecule has 1 rings (SSSR count). The fourth-order valence-electron chi connectivity index (χ4n) is 1.84. The summed E-state index contributed by atoms with van der Waals surface area (Å²) in [5.74, 6) is 0.852. The van der Waals surface area contributed by atoms with Crippen LogP contribution in [0.1, 0.15) is 32.6 Å². The number of nitrogens with zero attached hydrogens (tertiary/aromatic N) is 1. The molecule has 0 aromatic rings. The number of rotatable bonds is 5. The molecule has 0 aromatic heterocycles. The first-order chi connectivity index (χ1) is 7.27. The monoisotopic (exact) mass is 231 g/mol. The number of hydrogen-bond acceptors (Lipinski definition) is 3. The van der Waals surface area contributed by atoms with E-state index in [1.165, 1.54) is 0 Å². The fourth-order valence-corrected chi connectivity index (χ4v) is 2.03. The van der Waals surface area contributed by atoms with E-state index in [-0.39, 0.29) is 12.0 Å². The number of likely N-dealkylation sites (tertiary alicyclic amines) is 1. The fraction of sp³-hybridized carbons (Fsp3) is 0.909. The summed E-state index contributed by atoms with van der Waals surface area (Å²) in [5, 5.41) is 0. The lowest BCUT2D eigenvalue weighted by molar-refractivity contribution is -0.134. The van der Waals surface area contributed by atoms with Crippen LogP contribution in [0.5, 0.6) is 0 Å². The highest BCUT2D eigenvalue weighted by Crippen LogP contribution is 2.14. The number of carbonyl (C=O) groups excluding carboxylic acids is 1. The summed E-state index contributed by atoms with van der Waals surface area (Å²) >= 11 is 4.08. The minimum absolute atomic E-state index is 0.217. The Kier molecular flexibility index (Phi) is 6.10. The van der Waals surface area contributed by atoms with Crippen molar-refractivity contribution in [2.75, 3.05) is 25.4 Å². The van der Waals surface area contributed by atoms with Crippen LogP contribution in [0.15, 0.2) is 0 Å². The van der Waals surface area contributed by atoms with Gasteiger partial charge in [0.05, 0.1) is 6.10 Å². The van der Waals surface area contributed by atoms with Crippen molar-refractivity contribution in [1.82, 2.24) is 4.90 Å². The van der Waals surface area contributed by atoms with E-state index in [1.807, 2.05) is 4.90 Å². The van der Waals surface area contributed by atoms with Crippen LogP contribution in [-0.2, 0) is 9.53 Å². The summed E-state index contributed by atoms with van der Waals surface area (Å²) in [7, 11) is 0. The third-order valence-electron chi connectivity index (χ3n) is 2.61. The lowest BCUT2D eigenvalue weighted by Crippen LogP contribution is -2.43. The normalized spacial score (nSPS) is 21.7. The van der Waals surface area contributed by atoms with E-state index in [2.05, 4.69) is 19.6 Å². The van der Waals surface area contributed by atoms with Gasteiger partial charge in [-0.05, 0) is 25.0 Å². The predicted octanol–water partition coefficient (Wildman–Crippen LogP) is 1.72. The van der Waals surface area contributed by atoms with Gasteiger partial charge in [-0.25, -0.2) is 0 Å². The minimum Gasteiger partial charge on any atom is -0.376 e. The number of hydrogen-bond donors (Lipinski definition) is 1. The Morgan fingerprint density at radius 1 is 1.60 bits per heavy atom. The highest BCUT2D eigenvalue weighted by atomic mass is 32.1. The van der Waals surface area contributed by atoms with E-state index in [9.17, 15) is 4.79 Å². The van der Waals surface area contributed by atoms with Gasteiger partial charge in [0, 0.05) is 26.1 Å². The van der Waals surface area contributed by atoms with Crippen LogP contribution in [0.3, 0.4) is 0 Å². The maximum absolute atomic E-state index is 11.6. The zero-order chi connectivity index (χ0) is 11.1. The van der Waals surface area contributed by atoms with Crippen molar-refractivity contribution >= 4 is 18.5 Å². The Morgan fingerprint density at radius 2 is 2.40 bits per heavy atom.